The van der Waals surface area contributed by atoms with Crippen LogP contribution in [0, 0.1) is 6.92 Å². The van der Waals surface area contributed by atoms with Gasteiger partial charge < -0.3 is 14.9 Å². The minimum Gasteiger partial charge on any atom is -0.480 e. The first-order valence-electron chi connectivity index (χ1n) is 5.93. The van der Waals surface area contributed by atoms with E-state index >= 15 is 0 Å². The zero-order chi connectivity index (χ0) is 14.2. The third-order valence-corrected chi connectivity index (χ3v) is 3.45. The number of nitrogens with zero attached hydrogens (tertiary/aromatic N) is 2. The first-order valence-corrected chi connectivity index (χ1v) is 6.31. The lowest BCUT2D eigenvalue weighted by molar-refractivity contribution is -0.135. The highest BCUT2D eigenvalue weighted by atomic mass is 35.5. The van der Waals surface area contributed by atoms with E-state index in [1.807, 2.05) is 13.0 Å². The van der Waals surface area contributed by atoms with Gasteiger partial charge in [0, 0.05) is 20.0 Å². The van der Waals surface area contributed by atoms with Gasteiger partial charge >= 0.3 is 5.97 Å². The fraction of sp³-hybridized carbons (Fsp3) is 0.385. The zero-order valence-corrected chi connectivity index (χ0v) is 11.6. The number of halogens is 1. The van der Waals surface area contributed by atoms with Crippen LogP contribution in [0.15, 0.2) is 12.1 Å². The molecule has 0 saturated heterocycles. The molecule has 5 nitrogen and oxygen atoms in total. The second kappa shape index (κ2) is 5.09. The molecule has 1 aliphatic rings. The normalized spacial score (nSPS) is 15.2. The summed E-state index contributed by atoms with van der Waals surface area (Å²) < 4.78 is 0. The number of aliphatic carboxylic acids is 1. The Kier molecular flexibility index (Phi) is 3.66. The van der Waals surface area contributed by atoms with Crippen LogP contribution in [-0.2, 0) is 9.59 Å². The van der Waals surface area contributed by atoms with Crippen LogP contribution in [0.5, 0.6) is 0 Å². The van der Waals surface area contributed by atoms with Crippen LogP contribution >= 0.6 is 11.6 Å². The van der Waals surface area contributed by atoms with Crippen molar-refractivity contribution < 1.29 is 14.7 Å². The highest BCUT2D eigenvalue weighted by Crippen LogP contribution is 2.39. The van der Waals surface area contributed by atoms with Crippen molar-refractivity contribution in [2.75, 3.05) is 29.9 Å². The first-order chi connectivity index (χ1) is 8.90. The van der Waals surface area contributed by atoms with Crippen LogP contribution in [0.1, 0.15) is 12.0 Å². The molecule has 1 aromatic rings. The Bertz CT molecular complexity index is 545. The molecule has 102 valence electrons. The maximum absolute atomic E-state index is 11.9. The van der Waals surface area contributed by atoms with E-state index in [0.29, 0.717) is 22.9 Å². The van der Waals surface area contributed by atoms with E-state index in [1.165, 1.54) is 4.90 Å². The van der Waals surface area contributed by atoms with E-state index < -0.39 is 5.97 Å². The maximum Gasteiger partial charge on any atom is 0.323 e. The van der Waals surface area contributed by atoms with E-state index in [-0.39, 0.29) is 18.9 Å². The number of carboxylic acids is 1. The molecule has 0 fully saturated rings. The Balaban J connectivity index is 2.57. The number of benzene rings is 1. The molecule has 6 heteroatoms. The Morgan fingerprint density at radius 1 is 1.47 bits per heavy atom. The van der Waals surface area contributed by atoms with Gasteiger partial charge in [0.2, 0.25) is 5.91 Å². The minimum atomic E-state index is -0.945. The highest BCUT2D eigenvalue weighted by molar-refractivity contribution is 6.34. The van der Waals surface area contributed by atoms with Crippen LogP contribution in [0.25, 0.3) is 0 Å². The van der Waals surface area contributed by atoms with E-state index in [2.05, 4.69) is 0 Å². The second-order valence-electron chi connectivity index (χ2n) is 4.63. The lowest BCUT2D eigenvalue weighted by Gasteiger charge is -2.25. The molecule has 0 unspecified atom stereocenters. The number of carbonyl (C=O) groups excluding carboxylic acids is 1. The van der Waals surface area contributed by atoms with Crippen molar-refractivity contribution in [2.45, 2.75) is 13.3 Å². The molecule has 1 aliphatic heterocycles. The Morgan fingerprint density at radius 3 is 2.79 bits per heavy atom. The molecule has 2 rings (SSSR count). The van der Waals surface area contributed by atoms with Gasteiger partial charge in [-0.1, -0.05) is 11.6 Å². The van der Waals surface area contributed by atoms with Crippen molar-refractivity contribution in [3.8, 4) is 0 Å². The van der Waals surface area contributed by atoms with E-state index in [1.54, 1.807) is 18.0 Å². The Morgan fingerprint density at radius 2 is 2.16 bits per heavy atom. The molecule has 1 amide bonds. The SMILES string of the molecule is Cc1cc(Cl)c2c(c1)N(C)C(=O)CCN2CC(=O)O. The molecule has 0 atom stereocenters. The number of hydrogen-bond acceptors (Lipinski definition) is 3. The second-order valence-corrected chi connectivity index (χ2v) is 5.04. The topological polar surface area (TPSA) is 60.9 Å². The fourth-order valence-corrected chi connectivity index (χ4v) is 2.64. The lowest BCUT2D eigenvalue weighted by atomic mass is 10.1. The molecule has 0 aliphatic carbocycles. The summed E-state index contributed by atoms with van der Waals surface area (Å²) >= 11 is 6.24. The van der Waals surface area contributed by atoms with Crippen LogP contribution in [0.4, 0.5) is 11.4 Å². The molecule has 1 N–H and O–H groups in total. The monoisotopic (exact) mass is 282 g/mol. The van der Waals surface area contributed by atoms with Gasteiger partial charge in [-0.25, -0.2) is 0 Å². The third-order valence-electron chi connectivity index (χ3n) is 3.16. The van der Waals surface area contributed by atoms with Crippen LogP contribution in [0.2, 0.25) is 5.02 Å². The maximum atomic E-state index is 11.9. The van der Waals surface area contributed by atoms with Crippen LogP contribution in [0.3, 0.4) is 0 Å². The van der Waals surface area contributed by atoms with Gasteiger partial charge in [-0.05, 0) is 24.6 Å². The summed E-state index contributed by atoms with van der Waals surface area (Å²) in [5.74, 6) is -0.990. The predicted octanol–water partition coefficient (Wildman–Crippen LogP) is 1.91. The molecule has 1 heterocycles. The van der Waals surface area contributed by atoms with Gasteiger partial charge in [0.15, 0.2) is 0 Å². The van der Waals surface area contributed by atoms with Crippen molar-refractivity contribution in [2.24, 2.45) is 0 Å². The average molecular weight is 283 g/mol. The Hall–Kier alpha value is -1.75. The molecule has 0 aromatic heterocycles. The standard InChI is InChI=1S/C13H15ClN2O3/c1-8-5-9(14)13-10(6-8)15(2)11(17)3-4-16(13)7-12(18)19/h5-6H,3-4,7H2,1-2H3,(H,18,19). The smallest absolute Gasteiger partial charge is 0.323 e. The first kappa shape index (κ1) is 13.7. The summed E-state index contributed by atoms with van der Waals surface area (Å²) in [5, 5.41) is 9.45. The van der Waals surface area contributed by atoms with E-state index in [4.69, 9.17) is 16.7 Å². The predicted molar refractivity (Wildman–Crippen MR) is 74.1 cm³/mol. The van der Waals surface area contributed by atoms with Crippen LogP contribution in [-0.4, -0.2) is 37.1 Å². The van der Waals surface area contributed by atoms with Gasteiger partial charge in [0.05, 0.1) is 16.4 Å². The summed E-state index contributed by atoms with van der Waals surface area (Å²) in [4.78, 5) is 26.1. The number of amides is 1. The number of carboxylic acid groups (broad SMARTS) is 1. The molecule has 19 heavy (non-hydrogen) atoms. The molecule has 0 saturated carbocycles. The quantitative estimate of drug-likeness (QED) is 0.900. The summed E-state index contributed by atoms with van der Waals surface area (Å²) in [6, 6.07) is 3.62. The Labute approximate surface area is 116 Å². The number of hydrogen-bond donors (Lipinski definition) is 1. The number of aryl methyl sites for hydroxylation is 1. The van der Waals surface area contributed by atoms with Crippen LogP contribution < -0.4 is 9.80 Å². The minimum absolute atomic E-state index is 0.0456. The van der Waals surface area contributed by atoms with Crippen molar-refractivity contribution in [1.29, 1.82) is 0 Å². The van der Waals surface area contributed by atoms with E-state index in [9.17, 15) is 9.59 Å². The zero-order valence-electron chi connectivity index (χ0n) is 10.8. The van der Waals surface area contributed by atoms with E-state index in [0.717, 1.165) is 5.56 Å². The average Bonchev–Trinajstić information content (AvgIpc) is 2.41. The number of anilines is 2. The van der Waals surface area contributed by atoms with Gasteiger partial charge in [-0.2, -0.15) is 0 Å². The highest BCUT2D eigenvalue weighted by Gasteiger charge is 2.27. The number of rotatable bonds is 2. The summed E-state index contributed by atoms with van der Waals surface area (Å²) in [6.45, 7) is 2.07. The van der Waals surface area contributed by atoms with Gasteiger partial charge in [0.25, 0.3) is 0 Å². The summed E-state index contributed by atoms with van der Waals surface area (Å²) in [5.41, 5.74) is 2.21. The largest absolute Gasteiger partial charge is 0.480 e. The van der Waals surface area contributed by atoms with Gasteiger partial charge in [-0.3, -0.25) is 9.59 Å². The van der Waals surface area contributed by atoms with Gasteiger partial charge in [0.1, 0.15) is 6.54 Å². The van der Waals surface area contributed by atoms with Crippen molar-refractivity contribution in [3.63, 3.8) is 0 Å². The number of carbonyl (C=O) groups is 2. The fourth-order valence-electron chi connectivity index (χ4n) is 2.25. The summed E-state index contributed by atoms with van der Waals surface area (Å²) in [6.07, 6.45) is 0.272. The lowest BCUT2D eigenvalue weighted by Crippen LogP contribution is -2.30. The van der Waals surface area contributed by atoms with Crippen molar-refractivity contribution in [1.82, 2.24) is 0 Å². The number of fused-ring (bicyclic) bond motifs is 1. The van der Waals surface area contributed by atoms with Crippen molar-refractivity contribution >= 4 is 34.9 Å². The molecular weight excluding hydrogens is 268 g/mol. The molecule has 0 bridgehead atoms. The van der Waals surface area contributed by atoms with Gasteiger partial charge in [-0.15, -0.1) is 0 Å². The van der Waals surface area contributed by atoms with Crippen molar-refractivity contribution in [3.05, 3.63) is 22.7 Å². The molecule has 1 aromatic carbocycles. The summed E-state index contributed by atoms with van der Waals surface area (Å²) in [7, 11) is 1.68. The third kappa shape index (κ3) is 2.66. The molecular formula is C13H15ClN2O3. The molecule has 0 spiro atoms. The molecule has 0 radical (unpaired) electrons.